The summed E-state index contributed by atoms with van der Waals surface area (Å²) in [4.78, 5) is 26.6. The molecule has 0 aromatic heterocycles. The SMILES string of the molecule is CCCCCCCCCCCCCCCCCCOC(=O)C(CCC(=O)OC(CCCCCCCCCCCCCC)CCCCCCCCCCCCCC)[N+](C)(C)C. The molecule has 1 unspecified atom stereocenters. The fourth-order valence-electron chi connectivity index (χ4n) is 8.93. The molecule has 0 aliphatic heterocycles. The number of rotatable bonds is 49. The van der Waals surface area contributed by atoms with Gasteiger partial charge in [0.1, 0.15) is 6.10 Å². The van der Waals surface area contributed by atoms with Gasteiger partial charge in [-0.1, -0.05) is 258 Å². The largest absolute Gasteiger partial charge is 0.462 e. The van der Waals surface area contributed by atoms with E-state index in [0.29, 0.717) is 17.5 Å². The van der Waals surface area contributed by atoms with E-state index in [0.717, 1.165) is 38.5 Å². The Labute approximate surface area is 377 Å². The highest BCUT2D eigenvalue weighted by molar-refractivity contribution is 5.76. The second kappa shape index (κ2) is 45.9. The Bertz CT molecular complexity index is 856. The molecule has 5 heteroatoms. The molecule has 0 saturated carbocycles. The van der Waals surface area contributed by atoms with Gasteiger partial charge in [0.2, 0.25) is 0 Å². The maximum Gasteiger partial charge on any atom is 0.364 e. The van der Waals surface area contributed by atoms with Gasteiger partial charge in [-0.05, 0) is 32.1 Å². The summed E-state index contributed by atoms with van der Waals surface area (Å²) in [7, 11) is 6.11. The van der Waals surface area contributed by atoms with Crippen molar-refractivity contribution >= 4 is 11.9 Å². The van der Waals surface area contributed by atoms with Crippen molar-refractivity contribution in [2.24, 2.45) is 0 Å². The predicted octanol–water partition coefficient (Wildman–Crippen LogP) is 17.7. The van der Waals surface area contributed by atoms with Crippen molar-refractivity contribution in [1.29, 1.82) is 0 Å². The number of likely N-dealkylation sites (N-methyl/N-ethyl adjacent to an activating group) is 1. The van der Waals surface area contributed by atoms with Gasteiger partial charge in [0, 0.05) is 6.42 Å². The summed E-state index contributed by atoms with van der Waals surface area (Å²) in [6.07, 6.45) is 56.2. The number of quaternary nitrogens is 1. The monoisotopic (exact) mass is 849 g/mol. The normalized spacial score (nSPS) is 12.4. The van der Waals surface area contributed by atoms with Gasteiger partial charge in [-0.3, -0.25) is 4.79 Å². The van der Waals surface area contributed by atoms with Crippen molar-refractivity contribution in [3.8, 4) is 0 Å². The molecule has 0 heterocycles. The van der Waals surface area contributed by atoms with Crippen molar-refractivity contribution in [3.05, 3.63) is 0 Å². The maximum absolute atomic E-state index is 13.3. The van der Waals surface area contributed by atoms with E-state index in [1.165, 1.54) is 231 Å². The number of carbonyl (C=O) groups is 2. The molecule has 0 N–H and O–H groups in total. The molecule has 0 radical (unpaired) electrons. The van der Waals surface area contributed by atoms with Crippen LogP contribution in [0.1, 0.15) is 303 Å². The zero-order chi connectivity index (χ0) is 44.0. The predicted molar refractivity (Wildman–Crippen MR) is 263 cm³/mol. The van der Waals surface area contributed by atoms with Gasteiger partial charge in [-0.25, -0.2) is 4.79 Å². The third-order valence-electron chi connectivity index (χ3n) is 13.1. The Morgan fingerprint density at radius 3 is 0.917 bits per heavy atom. The first-order chi connectivity index (χ1) is 29.3. The summed E-state index contributed by atoms with van der Waals surface area (Å²) in [5.74, 6) is -0.303. The molecule has 0 aliphatic carbocycles. The second-order valence-corrected chi connectivity index (χ2v) is 20.1. The number of hydrogen-bond donors (Lipinski definition) is 0. The highest BCUT2D eigenvalue weighted by Gasteiger charge is 2.34. The lowest BCUT2D eigenvalue weighted by Crippen LogP contribution is -2.50. The van der Waals surface area contributed by atoms with Crippen LogP contribution in [0.2, 0.25) is 0 Å². The number of ether oxygens (including phenoxy) is 2. The van der Waals surface area contributed by atoms with Crippen molar-refractivity contribution in [1.82, 2.24) is 0 Å². The molecule has 0 bridgehead atoms. The minimum absolute atomic E-state index is 0.00757. The lowest BCUT2D eigenvalue weighted by Gasteiger charge is -2.32. The average Bonchev–Trinajstić information content (AvgIpc) is 3.22. The summed E-state index contributed by atoms with van der Waals surface area (Å²) in [6.45, 7) is 7.35. The lowest BCUT2D eigenvalue weighted by atomic mass is 10.0. The third kappa shape index (κ3) is 42.2. The van der Waals surface area contributed by atoms with Crippen molar-refractivity contribution < 1.29 is 23.5 Å². The summed E-state index contributed by atoms with van der Waals surface area (Å²) >= 11 is 0. The molecule has 0 amide bonds. The zero-order valence-corrected chi connectivity index (χ0v) is 42.1. The van der Waals surface area contributed by atoms with Crippen molar-refractivity contribution in [2.45, 2.75) is 315 Å². The average molecular weight is 849 g/mol. The number of esters is 2. The van der Waals surface area contributed by atoms with Crippen LogP contribution in [0.5, 0.6) is 0 Å². The molecule has 0 aromatic rings. The fraction of sp³-hybridized carbons (Fsp3) is 0.964. The lowest BCUT2D eigenvalue weighted by molar-refractivity contribution is -0.887. The van der Waals surface area contributed by atoms with E-state index >= 15 is 0 Å². The van der Waals surface area contributed by atoms with Gasteiger partial charge in [0.25, 0.3) is 0 Å². The first-order valence-electron chi connectivity index (χ1n) is 27.4. The summed E-state index contributed by atoms with van der Waals surface area (Å²) in [6, 6.07) is -0.357. The van der Waals surface area contributed by atoms with E-state index in [-0.39, 0.29) is 30.5 Å². The molecule has 0 rings (SSSR count). The first-order valence-corrected chi connectivity index (χ1v) is 27.4. The van der Waals surface area contributed by atoms with Gasteiger partial charge in [-0.15, -0.1) is 0 Å². The molecule has 1 atom stereocenters. The molecule has 0 aliphatic rings. The molecule has 0 spiro atoms. The Hall–Kier alpha value is -1.10. The van der Waals surface area contributed by atoms with E-state index < -0.39 is 0 Å². The van der Waals surface area contributed by atoms with E-state index in [2.05, 4.69) is 20.8 Å². The minimum atomic E-state index is -0.357. The molecular weight excluding hydrogens is 739 g/mol. The first kappa shape index (κ1) is 58.9. The van der Waals surface area contributed by atoms with Gasteiger partial charge in [0.15, 0.2) is 6.04 Å². The zero-order valence-electron chi connectivity index (χ0n) is 42.1. The maximum atomic E-state index is 13.3. The van der Waals surface area contributed by atoms with Gasteiger partial charge < -0.3 is 14.0 Å². The summed E-state index contributed by atoms with van der Waals surface area (Å²) in [5, 5.41) is 0. The number of hydrogen-bond acceptors (Lipinski definition) is 4. The Kier molecular flexibility index (Phi) is 45.1. The second-order valence-electron chi connectivity index (χ2n) is 20.1. The van der Waals surface area contributed by atoms with E-state index in [9.17, 15) is 9.59 Å². The topological polar surface area (TPSA) is 52.6 Å². The number of carbonyl (C=O) groups excluding carboxylic acids is 2. The minimum Gasteiger partial charge on any atom is -0.462 e. The fourth-order valence-corrected chi connectivity index (χ4v) is 8.93. The van der Waals surface area contributed by atoms with E-state index in [1.807, 2.05) is 21.1 Å². The van der Waals surface area contributed by atoms with E-state index in [4.69, 9.17) is 9.47 Å². The van der Waals surface area contributed by atoms with Crippen LogP contribution in [0.4, 0.5) is 0 Å². The van der Waals surface area contributed by atoms with E-state index in [1.54, 1.807) is 0 Å². The van der Waals surface area contributed by atoms with Crippen molar-refractivity contribution in [3.63, 3.8) is 0 Å². The third-order valence-corrected chi connectivity index (χ3v) is 13.1. The van der Waals surface area contributed by atoms with Gasteiger partial charge >= 0.3 is 11.9 Å². The van der Waals surface area contributed by atoms with Crippen LogP contribution in [-0.2, 0) is 19.1 Å². The van der Waals surface area contributed by atoms with Crippen molar-refractivity contribution in [2.75, 3.05) is 27.7 Å². The van der Waals surface area contributed by atoms with Crippen LogP contribution < -0.4 is 0 Å². The Morgan fingerprint density at radius 1 is 0.367 bits per heavy atom. The highest BCUT2D eigenvalue weighted by atomic mass is 16.5. The molecule has 60 heavy (non-hydrogen) atoms. The molecule has 0 aromatic carbocycles. The number of nitrogens with zero attached hydrogens (tertiary/aromatic N) is 1. The van der Waals surface area contributed by atoms with Crippen LogP contribution in [0, 0.1) is 0 Å². The van der Waals surface area contributed by atoms with Crippen LogP contribution >= 0.6 is 0 Å². The number of unbranched alkanes of at least 4 members (excludes halogenated alkanes) is 37. The molecule has 0 saturated heterocycles. The molecule has 5 nitrogen and oxygen atoms in total. The standard InChI is InChI=1S/C55H110NO4/c1-7-10-13-16-19-22-25-28-29-30-31-34-37-40-43-46-51-59-55(58)53(56(4,5)6)49-50-54(57)60-52(47-44-41-38-35-32-26-23-20-17-14-11-8-2)48-45-42-39-36-33-27-24-21-18-15-12-9-3/h52-53H,7-51H2,1-6H3/q+1. The Morgan fingerprint density at radius 2 is 0.633 bits per heavy atom. The summed E-state index contributed by atoms with van der Waals surface area (Å²) < 4.78 is 12.5. The van der Waals surface area contributed by atoms with Crippen LogP contribution in [0.25, 0.3) is 0 Å². The molecule has 0 fully saturated rings. The summed E-state index contributed by atoms with van der Waals surface area (Å²) in [5.41, 5.74) is 0. The molecular formula is C55H110NO4+. The molecule has 358 valence electrons. The van der Waals surface area contributed by atoms with Crippen LogP contribution in [0.3, 0.4) is 0 Å². The van der Waals surface area contributed by atoms with Gasteiger partial charge in [-0.2, -0.15) is 0 Å². The van der Waals surface area contributed by atoms with Gasteiger partial charge in [0.05, 0.1) is 34.2 Å². The quantitative estimate of drug-likeness (QED) is 0.0348. The van der Waals surface area contributed by atoms with Crippen LogP contribution in [-0.4, -0.2) is 56.3 Å². The highest BCUT2D eigenvalue weighted by Crippen LogP contribution is 2.21. The smallest absolute Gasteiger partial charge is 0.364 e. The Balaban J connectivity index is 4.48. The van der Waals surface area contributed by atoms with Crippen LogP contribution in [0.15, 0.2) is 0 Å².